The molecular formula is C9H14FN3. The Kier molecular flexibility index (Phi) is 2.20. The maximum Gasteiger partial charge on any atom is 0.121 e. The molecule has 0 saturated heterocycles. The third kappa shape index (κ3) is 1.82. The zero-order valence-corrected chi connectivity index (χ0v) is 7.49. The molecule has 0 spiro atoms. The molecule has 0 aromatic carbocycles. The van der Waals surface area contributed by atoms with E-state index in [1.165, 1.54) is 0 Å². The summed E-state index contributed by atoms with van der Waals surface area (Å²) < 4.78 is 13.0. The van der Waals surface area contributed by atoms with Crippen molar-refractivity contribution < 1.29 is 4.39 Å². The van der Waals surface area contributed by atoms with Gasteiger partial charge >= 0.3 is 0 Å². The van der Waals surface area contributed by atoms with Crippen molar-refractivity contribution in [3.8, 4) is 0 Å². The molecule has 1 aliphatic carbocycles. The standard InChI is InChI=1S/C9H14FN3/c10-7-2-1-3-8(6-7)13-5-4-9(11)12-13/h1-2,7-8H,3-6H2,(H2,11,12). The second-order valence-corrected chi connectivity index (χ2v) is 3.57. The van der Waals surface area contributed by atoms with Gasteiger partial charge in [-0.25, -0.2) is 4.39 Å². The first-order valence-corrected chi connectivity index (χ1v) is 4.66. The number of nitrogens with zero attached hydrogens (tertiary/aromatic N) is 2. The average Bonchev–Trinajstić information content (AvgIpc) is 2.52. The van der Waals surface area contributed by atoms with E-state index in [0.29, 0.717) is 12.3 Å². The minimum absolute atomic E-state index is 0.209. The summed E-state index contributed by atoms with van der Waals surface area (Å²) in [6, 6.07) is 0.209. The van der Waals surface area contributed by atoms with E-state index in [1.807, 2.05) is 11.1 Å². The van der Waals surface area contributed by atoms with E-state index in [1.54, 1.807) is 6.08 Å². The lowest BCUT2D eigenvalue weighted by atomic mass is 10.0. The molecule has 0 aromatic heterocycles. The number of hydrogen-bond donors (Lipinski definition) is 1. The number of rotatable bonds is 1. The normalized spacial score (nSPS) is 33.6. The zero-order valence-electron chi connectivity index (χ0n) is 7.49. The van der Waals surface area contributed by atoms with Gasteiger partial charge in [-0.05, 0) is 6.42 Å². The molecule has 13 heavy (non-hydrogen) atoms. The van der Waals surface area contributed by atoms with Crippen LogP contribution in [0.15, 0.2) is 17.3 Å². The highest BCUT2D eigenvalue weighted by molar-refractivity contribution is 5.81. The van der Waals surface area contributed by atoms with Crippen LogP contribution in [0.5, 0.6) is 0 Å². The van der Waals surface area contributed by atoms with Crippen molar-refractivity contribution in [1.29, 1.82) is 0 Å². The van der Waals surface area contributed by atoms with E-state index >= 15 is 0 Å². The highest BCUT2D eigenvalue weighted by Crippen LogP contribution is 2.22. The van der Waals surface area contributed by atoms with Crippen molar-refractivity contribution in [2.75, 3.05) is 6.54 Å². The Morgan fingerprint density at radius 1 is 1.62 bits per heavy atom. The Morgan fingerprint density at radius 2 is 2.46 bits per heavy atom. The topological polar surface area (TPSA) is 41.6 Å². The van der Waals surface area contributed by atoms with Crippen LogP contribution in [0.3, 0.4) is 0 Å². The lowest BCUT2D eigenvalue weighted by molar-refractivity contribution is 0.178. The average molecular weight is 183 g/mol. The molecule has 3 nitrogen and oxygen atoms in total. The van der Waals surface area contributed by atoms with Gasteiger partial charge in [-0.2, -0.15) is 5.10 Å². The zero-order chi connectivity index (χ0) is 9.26. The molecule has 0 fully saturated rings. The molecule has 0 amide bonds. The molecule has 1 aliphatic heterocycles. The molecule has 0 aromatic rings. The molecule has 0 bridgehead atoms. The Labute approximate surface area is 77.1 Å². The molecule has 1 heterocycles. The minimum atomic E-state index is -0.809. The van der Waals surface area contributed by atoms with Crippen molar-refractivity contribution >= 4 is 5.84 Å². The van der Waals surface area contributed by atoms with Crippen LogP contribution in [0.2, 0.25) is 0 Å². The summed E-state index contributed by atoms with van der Waals surface area (Å²) in [6.45, 7) is 0.844. The SMILES string of the molecule is NC1=NN(C2CC=CC(F)C2)CC1. The van der Waals surface area contributed by atoms with Crippen LogP contribution >= 0.6 is 0 Å². The summed E-state index contributed by atoms with van der Waals surface area (Å²) in [6.07, 6.45) is 4.96. The van der Waals surface area contributed by atoms with Crippen molar-refractivity contribution in [2.24, 2.45) is 10.8 Å². The van der Waals surface area contributed by atoms with E-state index in [2.05, 4.69) is 5.10 Å². The molecule has 4 heteroatoms. The monoisotopic (exact) mass is 183 g/mol. The van der Waals surface area contributed by atoms with Gasteiger partial charge in [0.25, 0.3) is 0 Å². The summed E-state index contributed by atoms with van der Waals surface area (Å²) in [4.78, 5) is 0. The van der Waals surface area contributed by atoms with Crippen LogP contribution in [-0.2, 0) is 0 Å². The third-order valence-corrected chi connectivity index (χ3v) is 2.53. The Bertz CT molecular complexity index is 249. The number of allylic oxidation sites excluding steroid dienone is 1. The van der Waals surface area contributed by atoms with Crippen molar-refractivity contribution in [2.45, 2.75) is 31.5 Å². The fourth-order valence-electron chi connectivity index (χ4n) is 1.82. The fourth-order valence-corrected chi connectivity index (χ4v) is 1.82. The largest absolute Gasteiger partial charge is 0.386 e. The predicted octanol–water partition coefficient (Wildman–Crippen LogP) is 1.02. The van der Waals surface area contributed by atoms with Gasteiger partial charge in [0, 0.05) is 19.4 Å². The van der Waals surface area contributed by atoms with E-state index in [-0.39, 0.29) is 6.04 Å². The Hall–Kier alpha value is -1.06. The summed E-state index contributed by atoms with van der Waals surface area (Å²) in [7, 11) is 0. The molecular weight excluding hydrogens is 169 g/mol. The van der Waals surface area contributed by atoms with Crippen LogP contribution in [0.25, 0.3) is 0 Å². The molecule has 2 unspecified atom stereocenters. The van der Waals surface area contributed by atoms with Crippen LogP contribution in [0, 0.1) is 0 Å². The molecule has 0 radical (unpaired) electrons. The van der Waals surface area contributed by atoms with E-state index < -0.39 is 6.17 Å². The number of hydrazone groups is 1. The van der Waals surface area contributed by atoms with Crippen molar-refractivity contribution in [3.05, 3.63) is 12.2 Å². The van der Waals surface area contributed by atoms with Gasteiger partial charge in [0.15, 0.2) is 0 Å². The van der Waals surface area contributed by atoms with Crippen molar-refractivity contribution in [3.63, 3.8) is 0 Å². The van der Waals surface area contributed by atoms with Crippen molar-refractivity contribution in [1.82, 2.24) is 5.01 Å². The molecule has 2 aliphatic rings. The molecule has 2 N–H and O–H groups in total. The van der Waals surface area contributed by atoms with Gasteiger partial charge < -0.3 is 5.73 Å². The maximum atomic E-state index is 13.0. The first kappa shape index (κ1) is 8.53. The van der Waals surface area contributed by atoms with Crippen LogP contribution < -0.4 is 5.73 Å². The van der Waals surface area contributed by atoms with Gasteiger partial charge in [0.2, 0.25) is 0 Å². The third-order valence-electron chi connectivity index (χ3n) is 2.53. The fraction of sp³-hybridized carbons (Fsp3) is 0.667. The smallest absolute Gasteiger partial charge is 0.121 e. The predicted molar refractivity (Wildman–Crippen MR) is 50.0 cm³/mol. The van der Waals surface area contributed by atoms with Gasteiger partial charge in [0.1, 0.15) is 12.0 Å². The van der Waals surface area contributed by atoms with Gasteiger partial charge in [-0.1, -0.05) is 12.2 Å². The highest BCUT2D eigenvalue weighted by Gasteiger charge is 2.25. The van der Waals surface area contributed by atoms with E-state index in [4.69, 9.17) is 5.73 Å². The lowest BCUT2D eigenvalue weighted by Gasteiger charge is -2.28. The second-order valence-electron chi connectivity index (χ2n) is 3.57. The number of alkyl halides is 1. The number of amidine groups is 1. The number of halogens is 1. The second kappa shape index (κ2) is 3.36. The Morgan fingerprint density at radius 3 is 3.08 bits per heavy atom. The lowest BCUT2D eigenvalue weighted by Crippen LogP contribution is -2.32. The first-order valence-electron chi connectivity index (χ1n) is 4.66. The summed E-state index contributed by atoms with van der Waals surface area (Å²) in [5.41, 5.74) is 5.56. The van der Waals surface area contributed by atoms with Gasteiger partial charge in [-0.3, -0.25) is 5.01 Å². The quantitative estimate of drug-likeness (QED) is 0.617. The maximum absolute atomic E-state index is 13.0. The van der Waals surface area contributed by atoms with E-state index in [9.17, 15) is 4.39 Å². The van der Waals surface area contributed by atoms with E-state index in [0.717, 1.165) is 19.4 Å². The summed E-state index contributed by atoms with van der Waals surface area (Å²) in [5.74, 6) is 0.671. The number of nitrogens with two attached hydrogens (primary N) is 1. The van der Waals surface area contributed by atoms with Gasteiger partial charge in [0.05, 0.1) is 6.04 Å². The number of hydrogen-bond acceptors (Lipinski definition) is 3. The summed E-state index contributed by atoms with van der Waals surface area (Å²) in [5, 5.41) is 6.10. The molecule has 2 atom stereocenters. The molecule has 0 saturated carbocycles. The first-order chi connectivity index (χ1) is 6.25. The summed E-state index contributed by atoms with van der Waals surface area (Å²) >= 11 is 0. The Balaban J connectivity index is 1.98. The van der Waals surface area contributed by atoms with Crippen LogP contribution in [0.4, 0.5) is 4.39 Å². The van der Waals surface area contributed by atoms with Gasteiger partial charge in [-0.15, -0.1) is 0 Å². The van der Waals surface area contributed by atoms with Crippen LogP contribution in [-0.4, -0.2) is 29.6 Å². The van der Waals surface area contributed by atoms with Crippen LogP contribution in [0.1, 0.15) is 19.3 Å². The molecule has 2 rings (SSSR count). The highest BCUT2D eigenvalue weighted by atomic mass is 19.1. The minimum Gasteiger partial charge on any atom is -0.386 e. The molecule has 72 valence electrons.